The van der Waals surface area contributed by atoms with Crippen molar-refractivity contribution >= 4 is 11.9 Å². The Kier molecular flexibility index (Phi) is 5.99. The summed E-state index contributed by atoms with van der Waals surface area (Å²) in [7, 11) is 0. The number of carbonyl (C=O) groups excluding carboxylic acids is 1. The van der Waals surface area contributed by atoms with E-state index in [0.29, 0.717) is 31.7 Å². The summed E-state index contributed by atoms with van der Waals surface area (Å²) < 4.78 is 6.64. The van der Waals surface area contributed by atoms with Crippen molar-refractivity contribution in [2.24, 2.45) is 5.92 Å². The third-order valence-corrected chi connectivity index (χ3v) is 5.06. The molecule has 3 rings (SSSR count). The largest absolute Gasteiger partial charge is 0.493 e. The molecule has 2 heterocycles. The fourth-order valence-corrected chi connectivity index (χ4v) is 3.49. The minimum Gasteiger partial charge on any atom is -0.493 e. The molecular formula is C20H25N3O5. The van der Waals surface area contributed by atoms with Gasteiger partial charge in [0.25, 0.3) is 5.91 Å². The highest BCUT2D eigenvalue weighted by atomic mass is 16.5. The summed E-state index contributed by atoms with van der Waals surface area (Å²) in [5, 5.41) is 26.5. The van der Waals surface area contributed by atoms with Gasteiger partial charge in [-0.2, -0.15) is 5.10 Å². The predicted octanol–water partition coefficient (Wildman–Crippen LogP) is 2.19. The maximum absolute atomic E-state index is 12.7. The molecule has 0 bridgehead atoms. The Labute approximate surface area is 163 Å². The lowest BCUT2D eigenvalue weighted by atomic mass is 9.89. The molecule has 0 radical (unpaired) electrons. The van der Waals surface area contributed by atoms with Crippen molar-refractivity contribution in [1.82, 2.24) is 15.1 Å². The summed E-state index contributed by atoms with van der Waals surface area (Å²) in [5.74, 6) is -1.60. The molecule has 150 valence electrons. The number of nitrogens with one attached hydrogen (secondary N) is 1. The molecule has 0 saturated carbocycles. The number of hydrogen-bond acceptors (Lipinski definition) is 5. The van der Waals surface area contributed by atoms with E-state index in [1.54, 1.807) is 0 Å². The summed E-state index contributed by atoms with van der Waals surface area (Å²) in [4.78, 5) is 23.9. The van der Waals surface area contributed by atoms with Gasteiger partial charge in [0.2, 0.25) is 5.88 Å². The molecule has 1 amide bonds. The zero-order valence-corrected chi connectivity index (χ0v) is 16.0. The monoisotopic (exact) mass is 387 g/mol. The maximum Gasteiger partial charge on any atom is 0.305 e. The number of rotatable bonds is 6. The van der Waals surface area contributed by atoms with Crippen molar-refractivity contribution in [3.05, 3.63) is 41.1 Å². The fraction of sp³-hybridized carbons (Fsp3) is 0.450. The Morgan fingerprint density at radius 3 is 2.68 bits per heavy atom. The lowest BCUT2D eigenvalue weighted by Crippen LogP contribution is -2.43. The number of aromatic hydroxyl groups is 1. The number of benzene rings is 1. The molecule has 1 aromatic carbocycles. The Morgan fingerprint density at radius 2 is 2.00 bits per heavy atom. The van der Waals surface area contributed by atoms with E-state index < -0.39 is 17.9 Å². The van der Waals surface area contributed by atoms with Crippen LogP contribution >= 0.6 is 0 Å². The molecule has 1 aliphatic rings. The molecule has 1 fully saturated rings. The summed E-state index contributed by atoms with van der Waals surface area (Å²) >= 11 is 0. The number of carbonyl (C=O) groups is 2. The van der Waals surface area contributed by atoms with Gasteiger partial charge >= 0.3 is 5.97 Å². The van der Waals surface area contributed by atoms with Crippen LogP contribution in [-0.2, 0) is 9.53 Å². The van der Waals surface area contributed by atoms with Crippen LogP contribution in [0.15, 0.2) is 24.3 Å². The minimum absolute atomic E-state index is 0.0310. The lowest BCUT2D eigenvalue weighted by molar-refractivity contribution is -0.138. The highest BCUT2D eigenvalue weighted by molar-refractivity contribution is 5.93. The highest BCUT2D eigenvalue weighted by Crippen LogP contribution is 2.24. The third-order valence-electron chi connectivity index (χ3n) is 5.06. The van der Waals surface area contributed by atoms with Crippen LogP contribution in [0.3, 0.4) is 0 Å². The topological polar surface area (TPSA) is 114 Å². The van der Waals surface area contributed by atoms with E-state index in [1.165, 1.54) is 10.7 Å². The Bertz CT molecular complexity index is 871. The van der Waals surface area contributed by atoms with Gasteiger partial charge in [0.05, 0.1) is 12.1 Å². The van der Waals surface area contributed by atoms with Crippen molar-refractivity contribution in [3.8, 4) is 11.6 Å². The van der Waals surface area contributed by atoms with E-state index in [4.69, 9.17) is 4.74 Å². The smallest absolute Gasteiger partial charge is 0.305 e. The minimum atomic E-state index is -0.972. The molecule has 1 saturated heterocycles. The molecule has 8 heteroatoms. The van der Waals surface area contributed by atoms with E-state index in [0.717, 1.165) is 11.1 Å². The van der Waals surface area contributed by atoms with Gasteiger partial charge in [-0.3, -0.25) is 9.59 Å². The Balaban J connectivity index is 1.81. The molecule has 1 aliphatic heterocycles. The third kappa shape index (κ3) is 4.51. The molecule has 1 atom stereocenters. The quantitative estimate of drug-likeness (QED) is 0.700. The summed E-state index contributed by atoms with van der Waals surface area (Å²) in [5.41, 5.74) is 2.63. The first kappa shape index (κ1) is 19.9. The van der Waals surface area contributed by atoms with Crippen LogP contribution in [-0.4, -0.2) is 51.1 Å². The first-order valence-electron chi connectivity index (χ1n) is 9.32. The van der Waals surface area contributed by atoms with Gasteiger partial charge in [0, 0.05) is 25.3 Å². The van der Waals surface area contributed by atoms with Crippen LogP contribution in [0.25, 0.3) is 5.69 Å². The summed E-state index contributed by atoms with van der Waals surface area (Å²) in [6, 6.07) is 6.52. The van der Waals surface area contributed by atoms with Gasteiger partial charge < -0.3 is 20.3 Å². The molecule has 3 N–H and O–H groups in total. The number of amides is 1. The number of nitrogens with zero attached hydrogens (tertiary/aromatic N) is 2. The molecule has 8 nitrogen and oxygen atoms in total. The normalized spacial score (nSPS) is 15.9. The molecular weight excluding hydrogens is 362 g/mol. The number of carboxylic acids is 1. The number of aryl methyl sites for hydroxylation is 2. The van der Waals surface area contributed by atoms with Gasteiger partial charge in [-0.1, -0.05) is 12.1 Å². The van der Waals surface area contributed by atoms with Crippen LogP contribution < -0.4 is 5.32 Å². The van der Waals surface area contributed by atoms with Crippen molar-refractivity contribution in [3.63, 3.8) is 0 Å². The van der Waals surface area contributed by atoms with Gasteiger partial charge in [0.1, 0.15) is 0 Å². The van der Waals surface area contributed by atoms with E-state index in [9.17, 15) is 19.8 Å². The van der Waals surface area contributed by atoms with Crippen molar-refractivity contribution in [2.45, 2.75) is 39.2 Å². The second-order valence-corrected chi connectivity index (χ2v) is 7.22. The lowest BCUT2D eigenvalue weighted by Gasteiger charge is -2.29. The second-order valence-electron chi connectivity index (χ2n) is 7.22. The number of aromatic nitrogens is 2. The van der Waals surface area contributed by atoms with E-state index in [2.05, 4.69) is 10.4 Å². The van der Waals surface area contributed by atoms with Crippen LogP contribution in [0.4, 0.5) is 0 Å². The van der Waals surface area contributed by atoms with E-state index in [1.807, 2.05) is 32.0 Å². The second kappa shape index (κ2) is 8.43. The zero-order valence-electron chi connectivity index (χ0n) is 16.0. The van der Waals surface area contributed by atoms with E-state index >= 15 is 0 Å². The Morgan fingerprint density at radius 1 is 1.29 bits per heavy atom. The van der Waals surface area contributed by atoms with Gasteiger partial charge in [0.15, 0.2) is 5.69 Å². The predicted molar refractivity (Wildman–Crippen MR) is 102 cm³/mol. The number of carboxylic acid groups (broad SMARTS) is 1. The van der Waals surface area contributed by atoms with Gasteiger partial charge in [-0.25, -0.2) is 4.68 Å². The molecule has 28 heavy (non-hydrogen) atoms. The molecule has 2 aromatic rings. The molecule has 0 aliphatic carbocycles. The molecule has 1 unspecified atom stereocenters. The van der Waals surface area contributed by atoms with Crippen molar-refractivity contribution in [1.29, 1.82) is 0 Å². The molecule has 1 aromatic heterocycles. The fourth-order valence-electron chi connectivity index (χ4n) is 3.49. The summed E-state index contributed by atoms with van der Waals surface area (Å²) in [6.45, 7) is 4.93. The zero-order chi connectivity index (χ0) is 20.3. The van der Waals surface area contributed by atoms with Crippen LogP contribution in [0, 0.1) is 19.8 Å². The standard InChI is InChI=1S/C20H25N3O5/c1-12-3-4-13(2)17(9-12)23-18(24)10-16(22-23)20(27)21-15(11-19(25)26)14-5-7-28-8-6-14/h3-4,9-10,14-15,24H,5-8,11H2,1-2H3,(H,21,27)(H,25,26). The average Bonchev–Trinajstić information content (AvgIpc) is 3.05. The van der Waals surface area contributed by atoms with Gasteiger partial charge in [-0.05, 0) is 49.8 Å². The summed E-state index contributed by atoms with van der Waals surface area (Å²) in [6.07, 6.45) is 1.22. The maximum atomic E-state index is 12.7. The highest BCUT2D eigenvalue weighted by Gasteiger charge is 2.29. The first-order valence-corrected chi connectivity index (χ1v) is 9.32. The van der Waals surface area contributed by atoms with Crippen LogP contribution in [0.2, 0.25) is 0 Å². The molecule has 0 spiro atoms. The van der Waals surface area contributed by atoms with Crippen molar-refractivity contribution < 1.29 is 24.5 Å². The van der Waals surface area contributed by atoms with E-state index in [-0.39, 0.29) is 23.9 Å². The number of aliphatic carboxylic acids is 1. The Hall–Kier alpha value is -2.87. The average molecular weight is 387 g/mol. The van der Waals surface area contributed by atoms with Gasteiger partial charge in [-0.15, -0.1) is 0 Å². The SMILES string of the molecule is Cc1ccc(C)c(-n2nc(C(=O)NC(CC(=O)O)C3CCOCC3)cc2O)c1. The van der Waals surface area contributed by atoms with Crippen molar-refractivity contribution in [2.75, 3.05) is 13.2 Å². The first-order chi connectivity index (χ1) is 13.3. The number of ether oxygens (including phenoxy) is 1. The number of hydrogen-bond donors (Lipinski definition) is 3. The van der Waals surface area contributed by atoms with Crippen LogP contribution in [0.1, 0.15) is 40.9 Å². The van der Waals surface area contributed by atoms with Crippen LogP contribution in [0.5, 0.6) is 5.88 Å².